The minimum atomic E-state index is 0.492. The predicted octanol–water partition coefficient (Wildman–Crippen LogP) is 3.83. The number of pyridine rings is 1. The molecule has 0 aliphatic rings. The fraction of sp³-hybridized carbons (Fsp3) is 0.267. The van der Waals surface area contributed by atoms with Gasteiger partial charge < -0.3 is 15.8 Å². The van der Waals surface area contributed by atoms with E-state index in [1.807, 2.05) is 25.1 Å². The maximum atomic E-state index is 5.84. The molecule has 1 heterocycles. The number of ether oxygens (including phenoxy) is 1. The van der Waals surface area contributed by atoms with Crippen molar-refractivity contribution in [3.05, 3.63) is 46.4 Å². The van der Waals surface area contributed by atoms with Crippen LogP contribution in [-0.4, -0.2) is 11.6 Å². The molecule has 20 heavy (non-hydrogen) atoms. The summed E-state index contributed by atoms with van der Waals surface area (Å²) in [5, 5.41) is 3.26. The maximum Gasteiger partial charge on any atom is 0.239 e. The standard InChI is InChI=1S/C15H18BrN3O/c1-2-8-20-15-13(17)6-7-14(19-15)18-10-11-4-3-5-12(16)9-11/h3-7,9H,2,8,10,17H2,1H3,(H,18,19). The second kappa shape index (κ2) is 7.14. The Kier molecular flexibility index (Phi) is 5.24. The van der Waals surface area contributed by atoms with Crippen LogP contribution in [0.25, 0.3) is 0 Å². The van der Waals surface area contributed by atoms with Gasteiger partial charge in [-0.3, -0.25) is 0 Å². The molecule has 1 aromatic heterocycles. The fourth-order valence-electron chi connectivity index (χ4n) is 1.70. The Morgan fingerprint density at radius 3 is 2.90 bits per heavy atom. The zero-order valence-corrected chi connectivity index (χ0v) is 13.0. The molecule has 0 atom stereocenters. The highest BCUT2D eigenvalue weighted by Gasteiger charge is 2.04. The third-order valence-corrected chi connectivity index (χ3v) is 3.19. The number of hydrogen-bond acceptors (Lipinski definition) is 4. The second-order valence-electron chi connectivity index (χ2n) is 4.42. The molecular weight excluding hydrogens is 318 g/mol. The fourth-order valence-corrected chi connectivity index (χ4v) is 2.15. The van der Waals surface area contributed by atoms with E-state index in [9.17, 15) is 0 Å². The van der Waals surface area contributed by atoms with Crippen molar-refractivity contribution in [2.24, 2.45) is 0 Å². The molecule has 0 saturated heterocycles. The van der Waals surface area contributed by atoms with Gasteiger partial charge in [0.15, 0.2) is 0 Å². The van der Waals surface area contributed by atoms with Crippen molar-refractivity contribution in [3.63, 3.8) is 0 Å². The summed E-state index contributed by atoms with van der Waals surface area (Å²) in [4.78, 5) is 4.38. The lowest BCUT2D eigenvalue weighted by Crippen LogP contribution is -2.05. The number of benzene rings is 1. The van der Waals surface area contributed by atoms with E-state index in [1.165, 1.54) is 5.56 Å². The molecule has 3 N–H and O–H groups in total. The van der Waals surface area contributed by atoms with Crippen molar-refractivity contribution in [2.75, 3.05) is 17.7 Å². The molecule has 0 aliphatic heterocycles. The summed E-state index contributed by atoms with van der Waals surface area (Å²) < 4.78 is 6.58. The number of nitrogens with one attached hydrogen (secondary N) is 1. The number of halogens is 1. The van der Waals surface area contributed by atoms with Crippen LogP contribution in [0, 0.1) is 0 Å². The van der Waals surface area contributed by atoms with Gasteiger partial charge in [0.25, 0.3) is 0 Å². The van der Waals surface area contributed by atoms with Crippen molar-refractivity contribution >= 4 is 27.4 Å². The van der Waals surface area contributed by atoms with E-state index in [-0.39, 0.29) is 0 Å². The van der Waals surface area contributed by atoms with Crippen LogP contribution in [0.2, 0.25) is 0 Å². The summed E-state index contributed by atoms with van der Waals surface area (Å²) in [6.45, 7) is 3.36. The van der Waals surface area contributed by atoms with Gasteiger partial charge in [0.1, 0.15) is 5.82 Å². The molecule has 0 aliphatic carbocycles. The van der Waals surface area contributed by atoms with E-state index in [4.69, 9.17) is 10.5 Å². The highest BCUT2D eigenvalue weighted by molar-refractivity contribution is 9.10. The summed E-state index contributed by atoms with van der Waals surface area (Å²) in [5.41, 5.74) is 7.57. The Morgan fingerprint density at radius 1 is 1.30 bits per heavy atom. The number of nitrogens with zero attached hydrogens (tertiary/aromatic N) is 1. The first-order valence-corrected chi connectivity index (χ1v) is 7.36. The molecule has 106 valence electrons. The molecule has 1 aromatic carbocycles. The second-order valence-corrected chi connectivity index (χ2v) is 5.34. The largest absolute Gasteiger partial charge is 0.476 e. The topological polar surface area (TPSA) is 60.2 Å². The lowest BCUT2D eigenvalue weighted by molar-refractivity contribution is 0.307. The molecule has 2 aromatic rings. The molecule has 5 heteroatoms. The summed E-state index contributed by atoms with van der Waals surface area (Å²) in [5.74, 6) is 1.25. The van der Waals surface area contributed by atoms with Crippen LogP contribution >= 0.6 is 15.9 Å². The van der Waals surface area contributed by atoms with Gasteiger partial charge in [-0.25, -0.2) is 0 Å². The Bertz CT molecular complexity index is 575. The average Bonchev–Trinajstić information content (AvgIpc) is 2.45. The Hall–Kier alpha value is -1.75. The molecule has 0 spiro atoms. The van der Waals surface area contributed by atoms with E-state index in [1.54, 1.807) is 6.07 Å². The van der Waals surface area contributed by atoms with Crippen LogP contribution < -0.4 is 15.8 Å². The lowest BCUT2D eigenvalue weighted by Gasteiger charge is -2.10. The third-order valence-electron chi connectivity index (χ3n) is 2.70. The average molecular weight is 336 g/mol. The van der Waals surface area contributed by atoms with Crippen LogP contribution in [0.5, 0.6) is 5.88 Å². The van der Waals surface area contributed by atoms with Gasteiger partial charge in [-0.15, -0.1) is 0 Å². The quantitative estimate of drug-likeness (QED) is 0.842. The van der Waals surface area contributed by atoms with Gasteiger partial charge in [-0.2, -0.15) is 4.98 Å². The lowest BCUT2D eigenvalue weighted by atomic mass is 10.2. The highest BCUT2D eigenvalue weighted by atomic mass is 79.9. The SMILES string of the molecule is CCCOc1nc(NCc2cccc(Br)c2)ccc1N. The molecule has 4 nitrogen and oxygen atoms in total. The molecule has 2 rings (SSSR count). The first kappa shape index (κ1) is 14.7. The molecule has 0 fully saturated rings. The van der Waals surface area contributed by atoms with Crippen molar-refractivity contribution in [1.82, 2.24) is 4.98 Å². The van der Waals surface area contributed by atoms with Gasteiger partial charge in [0.2, 0.25) is 5.88 Å². The third kappa shape index (κ3) is 4.13. The number of aromatic nitrogens is 1. The summed E-state index contributed by atoms with van der Waals surface area (Å²) >= 11 is 3.46. The van der Waals surface area contributed by atoms with E-state index in [2.05, 4.69) is 38.4 Å². The first-order chi connectivity index (χ1) is 9.69. The van der Waals surface area contributed by atoms with E-state index < -0.39 is 0 Å². The van der Waals surface area contributed by atoms with Gasteiger partial charge in [-0.1, -0.05) is 35.0 Å². The van der Waals surface area contributed by atoms with E-state index >= 15 is 0 Å². The minimum absolute atomic E-state index is 0.492. The van der Waals surface area contributed by atoms with Crippen molar-refractivity contribution < 1.29 is 4.74 Å². The van der Waals surface area contributed by atoms with Gasteiger partial charge in [0, 0.05) is 11.0 Å². The molecule has 0 bridgehead atoms. The molecular formula is C15H18BrN3O. The van der Waals surface area contributed by atoms with Crippen LogP contribution in [0.15, 0.2) is 40.9 Å². The molecule has 0 radical (unpaired) electrons. The van der Waals surface area contributed by atoms with Gasteiger partial charge in [-0.05, 0) is 36.2 Å². The first-order valence-electron chi connectivity index (χ1n) is 6.56. The highest BCUT2D eigenvalue weighted by Crippen LogP contribution is 2.21. The summed E-state index contributed by atoms with van der Waals surface area (Å²) in [7, 11) is 0. The predicted molar refractivity (Wildman–Crippen MR) is 85.9 cm³/mol. The Labute approximate surface area is 127 Å². The van der Waals surface area contributed by atoms with Crippen LogP contribution in [0.4, 0.5) is 11.5 Å². The molecule has 0 amide bonds. The minimum Gasteiger partial charge on any atom is -0.476 e. The summed E-state index contributed by atoms with van der Waals surface area (Å²) in [6, 6.07) is 11.8. The molecule has 0 saturated carbocycles. The van der Waals surface area contributed by atoms with E-state index in [0.29, 0.717) is 24.7 Å². The number of hydrogen-bond donors (Lipinski definition) is 2. The number of anilines is 2. The zero-order valence-electron chi connectivity index (χ0n) is 11.4. The van der Waals surface area contributed by atoms with Crippen molar-refractivity contribution in [3.8, 4) is 5.88 Å². The van der Waals surface area contributed by atoms with Crippen LogP contribution in [0.3, 0.4) is 0 Å². The van der Waals surface area contributed by atoms with Crippen LogP contribution in [0.1, 0.15) is 18.9 Å². The Balaban J connectivity index is 2.02. The monoisotopic (exact) mass is 335 g/mol. The smallest absolute Gasteiger partial charge is 0.239 e. The maximum absolute atomic E-state index is 5.84. The number of rotatable bonds is 6. The van der Waals surface area contributed by atoms with Gasteiger partial charge >= 0.3 is 0 Å². The number of nitrogens with two attached hydrogens (primary N) is 1. The van der Waals surface area contributed by atoms with Crippen molar-refractivity contribution in [2.45, 2.75) is 19.9 Å². The van der Waals surface area contributed by atoms with Gasteiger partial charge in [0.05, 0.1) is 12.3 Å². The zero-order chi connectivity index (χ0) is 14.4. The van der Waals surface area contributed by atoms with E-state index in [0.717, 1.165) is 16.7 Å². The normalized spacial score (nSPS) is 10.3. The van der Waals surface area contributed by atoms with Crippen molar-refractivity contribution in [1.29, 1.82) is 0 Å². The number of nitrogen functional groups attached to an aromatic ring is 1. The Morgan fingerprint density at radius 2 is 2.15 bits per heavy atom. The molecule has 0 unspecified atom stereocenters. The summed E-state index contributed by atoms with van der Waals surface area (Å²) in [6.07, 6.45) is 0.927. The van der Waals surface area contributed by atoms with Crippen LogP contribution in [-0.2, 0) is 6.54 Å².